The van der Waals surface area contributed by atoms with Crippen LogP contribution in [0.2, 0.25) is 0 Å². The van der Waals surface area contributed by atoms with Crippen LogP contribution in [0.3, 0.4) is 0 Å². The molecule has 3 rings (SSSR count). The number of sulfonamides is 1. The van der Waals surface area contributed by atoms with Gasteiger partial charge in [0, 0.05) is 32.4 Å². The maximum Gasteiger partial charge on any atom is 0.354 e. The maximum atomic E-state index is 12.8. The Morgan fingerprint density at radius 3 is 2.30 bits per heavy atom. The SMILES string of the molecule is Cc1noc(C)c1S(=O)(=O)N1CCN(C(=O)c2ccc(C(=O)O)nc2)CC1. The second-order valence-electron chi connectivity index (χ2n) is 6.09. The number of pyridine rings is 1. The number of hydrogen-bond acceptors (Lipinski definition) is 7. The van der Waals surface area contributed by atoms with Gasteiger partial charge in [-0.1, -0.05) is 5.16 Å². The van der Waals surface area contributed by atoms with E-state index in [1.807, 2.05) is 0 Å². The van der Waals surface area contributed by atoms with Crippen LogP contribution in [-0.2, 0) is 10.0 Å². The molecule has 0 radical (unpaired) electrons. The summed E-state index contributed by atoms with van der Waals surface area (Å²) in [5, 5.41) is 12.5. The third kappa shape index (κ3) is 3.55. The number of carboxylic acids is 1. The number of aryl methyl sites for hydroxylation is 2. The van der Waals surface area contributed by atoms with Crippen molar-refractivity contribution in [2.75, 3.05) is 26.2 Å². The van der Waals surface area contributed by atoms with Crippen molar-refractivity contribution >= 4 is 21.9 Å². The minimum absolute atomic E-state index is 0.0655. The number of rotatable bonds is 4. The van der Waals surface area contributed by atoms with Gasteiger partial charge in [0.1, 0.15) is 16.3 Å². The first-order chi connectivity index (χ1) is 12.7. The molecule has 0 aliphatic carbocycles. The minimum Gasteiger partial charge on any atom is -0.477 e. The number of carbonyl (C=O) groups is 2. The van der Waals surface area contributed by atoms with Gasteiger partial charge in [0.25, 0.3) is 5.91 Å². The van der Waals surface area contributed by atoms with E-state index in [4.69, 9.17) is 9.63 Å². The molecule has 1 N–H and O–H groups in total. The lowest BCUT2D eigenvalue weighted by Gasteiger charge is -2.33. The summed E-state index contributed by atoms with van der Waals surface area (Å²) in [6, 6.07) is 2.65. The largest absolute Gasteiger partial charge is 0.477 e. The Morgan fingerprint density at radius 2 is 1.81 bits per heavy atom. The van der Waals surface area contributed by atoms with Crippen molar-refractivity contribution in [2.24, 2.45) is 0 Å². The third-order valence-corrected chi connectivity index (χ3v) is 6.46. The lowest BCUT2D eigenvalue weighted by Crippen LogP contribution is -2.50. The molecule has 0 saturated carbocycles. The number of carboxylic acid groups (broad SMARTS) is 1. The molecule has 0 unspecified atom stereocenters. The first kappa shape index (κ1) is 19.0. The summed E-state index contributed by atoms with van der Waals surface area (Å²) < 4.78 is 31.8. The van der Waals surface area contributed by atoms with E-state index in [0.29, 0.717) is 5.69 Å². The quantitative estimate of drug-likeness (QED) is 0.794. The van der Waals surface area contributed by atoms with Gasteiger partial charge in [-0.25, -0.2) is 18.2 Å². The molecule has 0 spiro atoms. The van der Waals surface area contributed by atoms with Gasteiger partial charge in [-0.2, -0.15) is 4.31 Å². The molecule has 1 fully saturated rings. The second-order valence-corrected chi connectivity index (χ2v) is 7.96. The van der Waals surface area contributed by atoms with Crippen molar-refractivity contribution in [3.63, 3.8) is 0 Å². The topological polar surface area (TPSA) is 134 Å². The van der Waals surface area contributed by atoms with E-state index in [2.05, 4.69) is 10.1 Å². The number of nitrogens with zero attached hydrogens (tertiary/aromatic N) is 4. The van der Waals surface area contributed by atoms with E-state index in [-0.39, 0.29) is 54.0 Å². The van der Waals surface area contributed by atoms with Crippen LogP contribution < -0.4 is 0 Å². The van der Waals surface area contributed by atoms with Crippen molar-refractivity contribution < 1.29 is 27.6 Å². The van der Waals surface area contributed by atoms with E-state index in [9.17, 15) is 18.0 Å². The van der Waals surface area contributed by atoms with Crippen LogP contribution in [0, 0.1) is 13.8 Å². The van der Waals surface area contributed by atoms with Crippen LogP contribution in [0.15, 0.2) is 27.7 Å². The van der Waals surface area contributed by atoms with Gasteiger partial charge >= 0.3 is 5.97 Å². The molecule has 2 aromatic rings. The molecule has 144 valence electrons. The van der Waals surface area contributed by atoms with Gasteiger partial charge in [-0.05, 0) is 26.0 Å². The molecule has 0 aromatic carbocycles. The highest BCUT2D eigenvalue weighted by Crippen LogP contribution is 2.24. The number of piperazine rings is 1. The summed E-state index contributed by atoms with van der Waals surface area (Å²) in [6.45, 7) is 3.80. The average molecular weight is 394 g/mol. The molecule has 1 amide bonds. The molecule has 1 aliphatic heterocycles. The summed E-state index contributed by atoms with van der Waals surface area (Å²) in [6.07, 6.45) is 1.21. The highest BCUT2D eigenvalue weighted by molar-refractivity contribution is 7.89. The van der Waals surface area contributed by atoms with E-state index in [0.717, 1.165) is 0 Å². The fraction of sp³-hybridized carbons (Fsp3) is 0.375. The molecule has 3 heterocycles. The number of aromatic carboxylic acids is 1. The van der Waals surface area contributed by atoms with Crippen LogP contribution in [-0.4, -0.2) is 70.9 Å². The Bertz CT molecular complexity index is 955. The monoisotopic (exact) mass is 394 g/mol. The molecule has 27 heavy (non-hydrogen) atoms. The molecule has 0 bridgehead atoms. The number of amides is 1. The maximum absolute atomic E-state index is 12.8. The van der Waals surface area contributed by atoms with Gasteiger partial charge in [-0.3, -0.25) is 4.79 Å². The second kappa shape index (κ2) is 7.08. The minimum atomic E-state index is -3.75. The molecule has 1 saturated heterocycles. The van der Waals surface area contributed by atoms with Crippen LogP contribution >= 0.6 is 0 Å². The Balaban J connectivity index is 1.70. The van der Waals surface area contributed by atoms with Crippen LogP contribution in [0.1, 0.15) is 32.3 Å². The fourth-order valence-corrected chi connectivity index (χ4v) is 4.65. The Morgan fingerprint density at radius 1 is 1.15 bits per heavy atom. The normalized spacial score (nSPS) is 15.7. The number of hydrogen-bond donors (Lipinski definition) is 1. The zero-order valence-electron chi connectivity index (χ0n) is 14.7. The summed E-state index contributed by atoms with van der Waals surface area (Å²) in [5.41, 5.74) is 0.402. The average Bonchev–Trinajstić information content (AvgIpc) is 3.00. The molecule has 0 atom stereocenters. The zero-order valence-corrected chi connectivity index (χ0v) is 15.6. The predicted molar refractivity (Wildman–Crippen MR) is 91.8 cm³/mol. The smallest absolute Gasteiger partial charge is 0.354 e. The zero-order chi connectivity index (χ0) is 19.8. The van der Waals surface area contributed by atoms with E-state index < -0.39 is 16.0 Å². The van der Waals surface area contributed by atoms with Crippen LogP contribution in [0.4, 0.5) is 0 Å². The first-order valence-electron chi connectivity index (χ1n) is 8.13. The summed E-state index contributed by atoms with van der Waals surface area (Å²) in [5.74, 6) is -1.27. The lowest BCUT2D eigenvalue weighted by atomic mass is 10.2. The number of aromatic nitrogens is 2. The van der Waals surface area contributed by atoms with Gasteiger partial charge in [0.05, 0.1) is 5.56 Å². The fourth-order valence-electron chi connectivity index (χ4n) is 2.93. The molecular formula is C16H18N4O6S. The number of carbonyl (C=O) groups excluding carboxylic acids is 1. The van der Waals surface area contributed by atoms with Crippen LogP contribution in [0.25, 0.3) is 0 Å². The van der Waals surface area contributed by atoms with Crippen molar-refractivity contribution in [3.8, 4) is 0 Å². The standard InChI is InChI=1S/C16H18N4O6S/c1-10-14(11(2)26-18-10)27(24,25)20-7-5-19(6-8-20)15(21)12-3-4-13(16(22)23)17-9-12/h3-4,9H,5-8H2,1-2H3,(H,22,23). The predicted octanol–water partition coefficient (Wildman–Crippen LogP) is 0.531. The van der Waals surface area contributed by atoms with Crippen LogP contribution in [0.5, 0.6) is 0 Å². The summed E-state index contributed by atoms with van der Waals surface area (Å²) in [7, 11) is -3.75. The Labute approximate surface area is 155 Å². The molecule has 10 nitrogen and oxygen atoms in total. The first-order valence-corrected chi connectivity index (χ1v) is 9.57. The molecule has 11 heteroatoms. The molecular weight excluding hydrogens is 376 g/mol. The summed E-state index contributed by atoms with van der Waals surface area (Å²) >= 11 is 0. The van der Waals surface area contributed by atoms with Gasteiger partial charge < -0.3 is 14.5 Å². The molecule has 2 aromatic heterocycles. The van der Waals surface area contributed by atoms with E-state index in [1.54, 1.807) is 13.8 Å². The Kier molecular flexibility index (Phi) is 4.98. The van der Waals surface area contributed by atoms with Crippen molar-refractivity contribution in [1.29, 1.82) is 0 Å². The van der Waals surface area contributed by atoms with Gasteiger partial charge in [0.2, 0.25) is 10.0 Å². The van der Waals surface area contributed by atoms with Crippen molar-refractivity contribution in [2.45, 2.75) is 18.7 Å². The van der Waals surface area contributed by atoms with Gasteiger partial charge in [0.15, 0.2) is 5.76 Å². The highest BCUT2D eigenvalue weighted by Gasteiger charge is 2.34. The van der Waals surface area contributed by atoms with Crippen molar-refractivity contribution in [1.82, 2.24) is 19.3 Å². The Hall–Kier alpha value is -2.79. The molecule has 1 aliphatic rings. The highest BCUT2D eigenvalue weighted by atomic mass is 32.2. The lowest BCUT2D eigenvalue weighted by molar-refractivity contribution is 0.0679. The van der Waals surface area contributed by atoms with E-state index >= 15 is 0 Å². The van der Waals surface area contributed by atoms with Crippen molar-refractivity contribution in [3.05, 3.63) is 41.0 Å². The summed E-state index contributed by atoms with van der Waals surface area (Å²) in [4.78, 5) is 28.7. The third-order valence-electron chi connectivity index (χ3n) is 4.32. The van der Waals surface area contributed by atoms with E-state index in [1.165, 1.54) is 27.5 Å². The van der Waals surface area contributed by atoms with Gasteiger partial charge in [-0.15, -0.1) is 0 Å².